The number of halogens is 1. The van der Waals surface area contributed by atoms with Gasteiger partial charge >= 0.3 is 5.97 Å². The van der Waals surface area contributed by atoms with Crippen LogP contribution in [0.1, 0.15) is 73.8 Å². The van der Waals surface area contributed by atoms with E-state index >= 15 is 0 Å². The van der Waals surface area contributed by atoms with Crippen LogP contribution < -0.4 is 9.47 Å². The minimum atomic E-state index is -1.04. The summed E-state index contributed by atoms with van der Waals surface area (Å²) in [5, 5.41) is 10.1. The Morgan fingerprint density at radius 3 is 2.26 bits per heavy atom. The summed E-state index contributed by atoms with van der Waals surface area (Å²) < 4.78 is 19.2. The molecule has 1 fully saturated rings. The van der Waals surface area contributed by atoms with Crippen molar-refractivity contribution < 1.29 is 24.1 Å². The van der Waals surface area contributed by atoms with Crippen molar-refractivity contribution in [1.82, 2.24) is 0 Å². The third-order valence-corrected chi connectivity index (χ3v) is 9.45. The highest BCUT2D eigenvalue weighted by Crippen LogP contribution is 2.50. The molecule has 5 rings (SSSR count). The molecule has 0 aromatic heterocycles. The van der Waals surface area contributed by atoms with Crippen molar-refractivity contribution in [2.75, 3.05) is 6.61 Å². The number of carbonyl (C=O) groups is 1. The van der Waals surface area contributed by atoms with E-state index in [9.17, 15) is 9.90 Å². The summed E-state index contributed by atoms with van der Waals surface area (Å²) in [7, 11) is 0. The molecule has 1 N–H and O–H groups in total. The Labute approximate surface area is 277 Å². The molecule has 0 bridgehead atoms. The molecular formula is C40H43ClO5. The highest BCUT2D eigenvalue weighted by atomic mass is 35.5. The fourth-order valence-corrected chi connectivity index (χ4v) is 6.55. The van der Waals surface area contributed by atoms with Gasteiger partial charge in [0.15, 0.2) is 6.61 Å². The summed E-state index contributed by atoms with van der Waals surface area (Å²) in [5.74, 6) is 0.849. The lowest BCUT2D eigenvalue weighted by molar-refractivity contribution is -0.139. The first kappa shape index (κ1) is 33.3. The van der Waals surface area contributed by atoms with Crippen LogP contribution in [0.2, 0.25) is 5.02 Å². The zero-order valence-corrected chi connectivity index (χ0v) is 27.8. The molecular weight excluding hydrogens is 596 g/mol. The molecule has 0 radical (unpaired) electrons. The summed E-state index contributed by atoms with van der Waals surface area (Å²) in [6, 6.07) is 28.6. The molecule has 4 aromatic carbocycles. The third kappa shape index (κ3) is 7.83. The molecule has 0 saturated carbocycles. The van der Waals surface area contributed by atoms with Gasteiger partial charge in [0.2, 0.25) is 0 Å². The van der Waals surface area contributed by atoms with Crippen molar-refractivity contribution in [3.8, 4) is 28.4 Å². The van der Waals surface area contributed by atoms with Crippen LogP contribution in [-0.4, -0.2) is 23.8 Å². The van der Waals surface area contributed by atoms with E-state index in [0.29, 0.717) is 22.3 Å². The van der Waals surface area contributed by atoms with Gasteiger partial charge in [-0.2, -0.15) is 0 Å². The lowest BCUT2D eigenvalue weighted by Crippen LogP contribution is -2.36. The van der Waals surface area contributed by atoms with Crippen LogP contribution in [0.3, 0.4) is 0 Å². The van der Waals surface area contributed by atoms with Crippen molar-refractivity contribution in [3.05, 3.63) is 124 Å². The topological polar surface area (TPSA) is 65.0 Å². The minimum absolute atomic E-state index is 0.0286. The van der Waals surface area contributed by atoms with E-state index in [2.05, 4.69) is 62.0 Å². The van der Waals surface area contributed by atoms with E-state index in [1.807, 2.05) is 45.0 Å². The second-order valence-corrected chi connectivity index (χ2v) is 12.8. The first-order chi connectivity index (χ1) is 22.1. The number of ether oxygens (including phenoxy) is 3. The number of hydrogen-bond donors (Lipinski definition) is 1. The highest BCUT2D eigenvalue weighted by Gasteiger charge is 2.41. The summed E-state index contributed by atoms with van der Waals surface area (Å²) in [6.45, 7) is 12.1. The standard InChI is InChI=1S/C40H43ClO5/c1-6-7-13-37-34(30-16-14-29(15-17-30)28-11-9-8-10-12-28)23-33(25(2)3)40(46-37)35-22-31(18-19-36(35)44-24-38(42)43)45-32-20-26(4)39(41)27(5)21-32/h8-12,14-22,33-34,37,40H,2,6-7,13,23-24H2,1,3-5H3,(H,42,43)/t33-,34-,37+,40+/m0/s1. The highest BCUT2D eigenvalue weighted by molar-refractivity contribution is 6.32. The maximum Gasteiger partial charge on any atom is 0.341 e. The molecule has 6 heteroatoms. The van der Waals surface area contributed by atoms with Crippen LogP contribution in [0, 0.1) is 19.8 Å². The Kier molecular flexibility index (Phi) is 10.9. The zero-order chi connectivity index (χ0) is 32.8. The van der Waals surface area contributed by atoms with Crippen molar-refractivity contribution >= 4 is 17.6 Å². The normalized spacial score (nSPS) is 19.4. The maximum atomic E-state index is 11.5. The second-order valence-electron chi connectivity index (χ2n) is 12.4. The fraction of sp³-hybridized carbons (Fsp3) is 0.325. The van der Waals surface area contributed by atoms with Crippen LogP contribution in [0.15, 0.2) is 97.1 Å². The smallest absolute Gasteiger partial charge is 0.341 e. The van der Waals surface area contributed by atoms with Gasteiger partial charge in [0.05, 0.1) is 12.2 Å². The van der Waals surface area contributed by atoms with Gasteiger partial charge in [-0.1, -0.05) is 98.1 Å². The Morgan fingerprint density at radius 1 is 0.957 bits per heavy atom. The van der Waals surface area contributed by atoms with Gasteiger partial charge in [-0.05, 0) is 91.8 Å². The zero-order valence-electron chi connectivity index (χ0n) is 27.1. The van der Waals surface area contributed by atoms with Crippen LogP contribution in [0.4, 0.5) is 0 Å². The molecule has 5 nitrogen and oxygen atoms in total. The number of unbranched alkanes of at least 4 members (excludes halogenated alkanes) is 1. The average Bonchev–Trinajstić information content (AvgIpc) is 3.05. The molecule has 0 unspecified atom stereocenters. The van der Waals surface area contributed by atoms with Gasteiger partial charge in [-0.15, -0.1) is 0 Å². The van der Waals surface area contributed by atoms with Gasteiger partial charge in [-0.3, -0.25) is 0 Å². The van der Waals surface area contributed by atoms with Gasteiger partial charge in [0.25, 0.3) is 0 Å². The summed E-state index contributed by atoms with van der Waals surface area (Å²) in [5.41, 5.74) is 7.24. The van der Waals surface area contributed by atoms with Crippen LogP contribution in [-0.2, 0) is 9.53 Å². The molecule has 240 valence electrons. The molecule has 1 aliphatic heterocycles. The Bertz CT molecular complexity index is 1640. The largest absolute Gasteiger partial charge is 0.482 e. The van der Waals surface area contributed by atoms with Gasteiger partial charge in [0.1, 0.15) is 17.2 Å². The van der Waals surface area contributed by atoms with E-state index in [1.54, 1.807) is 12.1 Å². The van der Waals surface area contributed by atoms with E-state index in [0.717, 1.165) is 47.9 Å². The second kappa shape index (κ2) is 15.0. The quantitative estimate of drug-likeness (QED) is 0.156. The first-order valence-corrected chi connectivity index (χ1v) is 16.4. The molecule has 1 saturated heterocycles. The Balaban J connectivity index is 1.50. The molecule has 46 heavy (non-hydrogen) atoms. The SMILES string of the molecule is C=C(C)[C@@H]1C[C@@H](c2ccc(-c3ccccc3)cc2)[C@@H](CCCC)O[C@H]1c1cc(Oc2cc(C)c(Cl)c(C)c2)ccc1OCC(=O)O. The Hall–Kier alpha value is -4.06. The molecule has 1 aliphatic rings. The van der Waals surface area contributed by atoms with Crippen molar-refractivity contribution in [2.45, 2.75) is 71.5 Å². The van der Waals surface area contributed by atoms with Gasteiger partial charge in [-0.25, -0.2) is 4.79 Å². The molecule has 4 aromatic rings. The van der Waals surface area contributed by atoms with Crippen LogP contribution in [0.25, 0.3) is 11.1 Å². The molecule has 0 spiro atoms. The van der Waals surface area contributed by atoms with Gasteiger partial charge < -0.3 is 19.3 Å². The average molecular weight is 639 g/mol. The molecule has 1 heterocycles. The van der Waals surface area contributed by atoms with E-state index in [1.165, 1.54) is 16.7 Å². The number of benzene rings is 4. The van der Waals surface area contributed by atoms with Crippen LogP contribution >= 0.6 is 11.6 Å². The summed E-state index contributed by atoms with van der Waals surface area (Å²) in [6.07, 6.45) is 3.42. The maximum absolute atomic E-state index is 11.5. The summed E-state index contributed by atoms with van der Waals surface area (Å²) in [4.78, 5) is 11.5. The van der Waals surface area contributed by atoms with E-state index in [4.69, 9.17) is 25.8 Å². The molecule has 0 amide bonds. The first-order valence-electron chi connectivity index (χ1n) is 16.0. The number of rotatable bonds is 12. The number of aryl methyl sites for hydroxylation is 2. The lowest BCUT2D eigenvalue weighted by Gasteiger charge is -2.43. The fourth-order valence-electron chi connectivity index (χ4n) is 6.44. The molecule has 4 atom stereocenters. The number of aliphatic carboxylic acids is 1. The predicted octanol–water partition coefficient (Wildman–Crippen LogP) is 10.9. The minimum Gasteiger partial charge on any atom is -0.482 e. The lowest BCUT2D eigenvalue weighted by atomic mass is 9.74. The van der Waals surface area contributed by atoms with E-state index in [-0.39, 0.29) is 24.0 Å². The van der Waals surface area contributed by atoms with Crippen LogP contribution in [0.5, 0.6) is 17.2 Å². The van der Waals surface area contributed by atoms with Crippen molar-refractivity contribution in [3.63, 3.8) is 0 Å². The monoisotopic (exact) mass is 638 g/mol. The third-order valence-electron chi connectivity index (χ3n) is 8.85. The Morgan fingerprint density at radius 2 is 1.63 bits per heavy atom. The van der Waals surface area contributed by atoms with Crippen molar-refractivity contribution in [2.24, 2.45) is 5.92 Å². The number of carboxylic acid groups (broad SMARTS) is 1. The summed E-state index contributed by atoms with van der Waals surface area (Å²) >= 11 is 6.40. The van der Waals surface area contributed by atoms with Gasteiger partial charge in [0, 0.05) is 22.4 Å². The van der Waals surface area contributed by atoms with Crippen molar-refractivity contribution in [1.29, 1.82) is 0 Å². The molecule has 0 aliphatic carbocycles. The van der Waals surface area contributed by atoms with E-state index < -0.39 is 12.6 Å². The predicted molar refractivity (Wildman–Crippen MR) is 185 cm³/mol. The number of carboxylic acids is 1. The number of hydrogen-bond acceptors (Lipinski definition) is 4.